The van der Waals surface area contributed by atoms with Gasteiger partial charge in [0.15, 0.2) is 0 Å². The number of pyridine rings is 1. The van der Waals surface area contributed by atoms with Crippen molar-refractivity contribution in [1.82, 2.24) is 19.7 Å². The van der Waals surface area contributed by atoms with E-state index >= 15 is 0 Å². The van der Waals surface area contributed by atoms with Gasteiger partial charge in [-0.15, -0.1) is 0 Å². The maximum Gasteiger partial charge on any atom is 0.272 e. The monoisotopic (exact) mass is 346 g/mol. The highest BCUT2D eigenvalue weighted by atomic mass is 16.2. The smallest absolute Gasteiger partial charge is 0.272 e. The molecule has 0 aromatic carbocycles. The van der Waals surface area contributed by atoms with Crippen molar-refractivity contribution in [1.29, 1.82) is 0 Å². The second kappa shape index (κ2) is 8.60. The first-order chi connectivity index (χ1) is 11.9. The summed E-state index contributed by atoms with van der Waals surface area (Å²) in [5, 5.41) is 0. The SMILES string of the molecule is CCCCN(C)C(=O)c1ccnc(C(=O)N2CCN(C(C)=O)CC2)c1. The Kier molecular flexibility index (Phi) is 6.50. The van der Waals surface area contributed by atoms with Gasteiger partial charge in [-0.25, -0.2) is 0 Å². The second-order valence-corrected chi connectivity index (χ2v) is 6.31. The van der Waals surface area contributed by atoms with Crippen LogP contribution in [0.5, 0.6) is 0 Å². The van der Waals surface area contributed by atoms with Crippen molar-refractivity contribution < 1.29 is 14.4 Å². The lowest BCUT2D eigenvalue weighted by Gasteiger charge is -2.34. The topological polar surface area (TPSA) is 73.8 Å². The van der Waals surface area contributed by atoms with Gasteiger partial charge in [0, 0.05) is 58.5 Å². The van der Waals surface area contributed by atoms with E-state index in [1.165, 1.54) is 13.1 Å². The van der Waals surface area contributed by atoms with Crippen LogP contribution < -0.4 is 0 Å². The molecule has 0 spiro atoms. The lowest BCUT2D eigenvalue weighted by Crippen LogP contribution is -2.50. The number of rotatable bonds is 5. The van der Waals surface area contributed by atoms with Gasteiger partial charge in [-0.2, -0.15) is 0 Å². The summed E-state index contributed by atoms with van der Waals surface area (Å²) in [6.45, 7) is 6.31. The lowest BCUT2D eigenvalue weighted by atomic mass is 10.1. The highest BCUT2D eigenvalue weighted by molar-refractivity contribution is 5.98. The summed E-state index contributed by atoms with van der Waals surface area (Å²) >= 11 is 0. The van der Waals surface area contributed by atoms with Crippen LogP contribution in [0.15, 0.2) is 18.3 Å². The highest BCUT2D eigenvalue weighted by Gasteiger charge is 2.24. The minimum atomic E-state index is -0.200. The number of hydrogen-bond donors (Lipinski definition) is 0. The molecule has 1 fully saturated rings. The van der Waals surface area contributed by atoms with Crippen molar-refractivity contribution in [2.24, 2.45) is 0 Å². The van der Waals surface area contributed by atoms with Crippen molar-refractivity contribution in [2.75, 3.05) is 39.8 Å². The number of unbranched alkanes of at least 4 members (excludes halogenated alkanes) is 1. The van der Waals surface area contributed by atoms with Gasteiger partial charge in [0.05, 0.1) is 0 Å². The molecule has 0 radical (unpaired) electrons. The molecule has 2 rings (SSSR count). The van der Waals surface area contributed by atoms with Crippen molar-refractivity contribution in [3.63, 3.8) is 0 Å². The van der Waals surface area contributed by atoms with E-state index in [9.17, 15) is 14.4 Å². The minimum Gasteiger partial charge on any atom is -0.342 e. The number of hydrogen-bond acceptors (Lipinski definition) is 4. The van der Waals surface area contributed by atoms with Crippen molar-refractivity contribution in [2.45, 2.75) is 26.7 Å². The fraction of sp³-hybridized carbons (Fsp3) is 0.556. The Morgan fingerprint density at radius 3 is 2.40 bits per heavy atom. The fourth-order valence-corrected chi connectivity index (χ4v) is 2.78. The highest BCUT2D eigenvalue weighted by Crippen LogP contribution is 2.11. The van der Waals surface area contributed by atoms with E-state index in [2.05, 4.69) is 11.9 Å². The van der Waals surface area contributed by atoms with Gasteiger partial charge >= 0.3 is 0 Å². The summed E-state index contributed by atoms with van der Waals surface area (Å²) in [6, 6.07) is 3.19. The first kappa shape index (κ1) is 18.9. The minimum absolute atomic E-state index is 0.0212. The molecule has 0 atom stereocenters. The predicted octanol–water partition coefficient (Wildman–Crippen LogP) is 1.26. The number of amides is 3. The first-order valence-corrected chi connectivity index (χ1v) is 8.70. The summed E-state index contributed by atoms with van der Waals surface area (Å²) in [7, 11) is 1.76. The molecule has 1 aromatic heterocycles. The quantitative estimate of drug-likeness (QED) is 0.804. The maximum atomic E-state index is 12.6. The second-order valence-electron chi connectivity index (χ2n) is 6.31. The van der Waals surface area contributed by atoms with Crippen LogP contribution in [-0.2, 0) is 4.79 Å². The van der Waals surface area contributed by atoms with Gasteiger partial charge in [-0.1, -0.05) is 13.3 Å². The molecule has 2 heterocycles. The Bertz CT molecular complexity index is 639. The van der Waals surface area contributed by atoms with E-state index in [0.717, 1.165) is 12.8 Å². The normalized spacial score (nSPS) is 14.4. The van der Waals surface area contributed by atoms with Crippen molar-refractivity contribution in [3.8, 4) is 0 Å². The van der Waals surface area contributed by atoms with Crippen LogP contribution in [0.25, 0.3) is 0 Å². The van der Waals surface area contributed by atoms with Crippen LogP contribution in [0.4, 0.5) is 0 Å². The van der Waals surface area contributed by atoms with Crippen LogP contribution in [0, 0.1) is 0 Å². The van der Waals surface area contributed by atoms with Gasteiger partial charge < -0.3 is 14.7 Å². The number of carbonyl (C=O) groups is 3. The molecule has 1 aromatic rings. The van der Waals surface area contributed by atoms with Gasteiger partial charge in [0.2, 0.25) is 5.91 Å². The molecule has 7 nitrogen and oxygen atoms in total. The Balaban J connectivity index is 2.04. The zero-order chi connectivity index (χ0) is 18.4. The summed E-state index contributed by atoms with van der Waals surface area (Å²) < 4.78 is 0. The van der Waals surface area contributed by atoms with Crippen LogP contribution in [0.2, 0.25) is 0 Å². The molecule has 0 aliphatic carbocycles. The largest absolute Gasteiger partial charge is 0.342 e. The molecule has 0 saturated carbocycles. The number of aromatic nitrogens is 1. The molecule has 1 saturated heterocycles. The number of nitrogens with zero attached hydrogens (tertiary/aromatic N) is 4. The van der Waals surface area contributed by atoms with Crippen molar-refractivity contribution in [3.05, 3.63) is 29.6 Å². The van der Waals surface area contributed by atoms with E-state index in [4.69, 9.17) is 0 Å². The zero-order valence-corrected chi connectivity index (χ0v) is 15.2. The van der Waals surface area contributed by atoms with E-state index in [1.54, 1.807) is 33.9 Å². The molecule has 0 N–H and O–H groups in total. The van der Waals surface area contributed by atoms with Gasteiger partial charge in [0.1, 0.15) is 5.69 Å². The maximum absolute atomic E-state index is 12.6. The zero-order valence-electron chi connectivity index (χ0n) is 15.2. The Morgan fingerprint density at radius 1 is 1.16 bits per heavy atom. The molecular weight excluding hydrogens is 320 g/mol. The summed E-state index contributed by atoms with van der Waals surface area (Å²) in [6.07, 6.45) is 3.46. The molecule has 3 amide bonds. The number of piperazine rings is 1. The summed E-state index contributed by atoms with van der Waals surface area (Å²) in [4.78, 5) is 45.6. The van der Waals surface area contributed by atoms with E-state index in [0.29, 0.717) is 38.3 Å². The summed E-state index contributed by atoms with van der Waals surface area (Å²) in [5.74, 6) is -0.284. The molecule has 7 heteroatoms. The lowest BCUT2D eigenvalue weighted by molar-refractivity contribution is -0.130. The molecule has 1 aliphatic heterocycles. The average Bonchev–Trinajstić information content (AvgIpc) is 2.65. The van der Waals surface area contributed by atoms with Crippen LogP contribution >= 0.6 is 0 Å². The molecule has 136 valence electrons. The summed E-state index contributed by atoms with van der Waals surface area (Å²) in [5.41, 5.74) is 0.741. The third-order valence-corrected chi connectivity index (χ3v) is 4.43. The predicted molar refractivity (Wildman–Crippen MR) is 94.3 cm³/mol. The third-order valence-electron chi connectivity index (χ3n) is 4.43. The fourth-order valence-electron chi connectivity index (χ4n) is 2.78. The Labute approximate surface area is 148 Å². The Hall–Kier alpha value is -2.44. The van der Waals surface area contributed by atoms with Gasteiger partial charge in [-0.3, -0.25) is 19.4 Å². The average molecular weight is 346 g/mol. The number of carbonyl (C=O) groups excluding carboxylic acids is 3. The molecule has 25 heavy (non-hydrogen) atoms. The van der Waals surface area contributed by atoms with Crippen LogP contribution in [-0.4, -0.2) is 77.2 Å². The molecule has 0 unspecified atom stereocenters. The van der Waals surface area contributed by atoms with Gasteiger partial charge in [-0.05, 0) is 18.6 Å². The Morgan fingerprint density at radius 2 is 1.80 bits per heavy atom. The molecular formula is C18H26N4O3. The van der Waals surface area contributed by atoms with E-state index in [-0.39, 0.29) is 23.4 Å². The van der Waals surface area contributed by atoms with E-state index in [1.807, 2.05) is 0 Å². The molecule has 0 bridgehead atoms. The van der Waals surface area contributed by atoms with Crippen molar-refractivity contribution >= 4 is 17.7 Å². The third kappa shape index (κ3) is 4.78. The molecule has 1 aliphatic rings. The van der Waals surface area contributed by atoms with Gasteiger partial charge in [0.25, 0.3) is 11.8 Å². The van der Waals surface area contributed by atoms with Crippen LogP contribution in [0.1, 0.15) is 47.5 Å². The van der Waals surface area contributed by atoms with Crippen LogP contribution in [0.3, 0.4) is 0 Å². The first-order valence-electron chi connectivity index (χ1n) is 8.70. The standard InChI is InChI=1S/C18H26N4O3/c1-4-5-8-20(3)17(24)15-6-7-19-16(13-15)18(25)22-11-9-21(10-12-22)14(2)23/h6-7,13H,4-5,8-12H2,1-3H3. The van der Waals surface area contributed by atoms with E-state index < -0.39 is 0 Å².